The predicted molar refractivity (Wildman–Crippen MR) is 66.0 cm³/mol. The summed E-state index contributed by atoms with van der Waals surface area (Å²) in [5.41, 5.74) is 11.4. The van der Waals surface area contributed by atoms with Gasteiger partial charge in [-0.3, -0.25) is 9.59 Å². The summed E-state index contributed by atoms with van der Waals surface area (Å²) in [5.74, 6) is -0.601. The molecule has 0 saturated heterocycles. The number of amides is 2. The number of rotatable bonds is 5. The van der Waals surface area contributed by atoms with Crippen molar-refractivity contribution in [2.45, 2.75) is 18.9 Å². The fourth-order valence-corrected chi connectivity index (χ4v) is 1.50. The molecule has 2 rings (SSSR count). The van der Waals surface area contributed by atoms with Gasteiger partial charge in [-0.2, -0.15) is 0 Å². The fourth-order valence-electron chi connectivity index (χ4n) is 1.50. The Morgan fingerprint density at radius 2 is 2.11 bits per heavy atom. The van der Waals surface area contributed by atoms with Crippen molar-refractivity contribution in [2.75, 3.05) is 12.3 Å². The third-order valence-electron chi connectivity index (χ3n) is 2.57. The van der Waals surface area contributed by atoms with Crippen LogP contribution in [0.4, 0.5) is 5.69 Å². The molecule has 6 nitrogen and oxygen atoms in total. The molecule has 6 heteroatoms. The molecule has 18 heavy (non-hydrogen) atoms. The van der Waals surface area contributed by atoms with Crippen molar-refractivity contribution in [1.82, 2.24) is 5.32 Å². The van der Waals surface area contributed by atoms with E-state index in [1.165, 1.54) is 12.1 Å². The number of nitrogens with two attached hydrogens (primary N) is 2. The maximum Gasteiger partial charge on any atom is 0.258 e. The Bertz CT molecular complexity index is 483. The van der Waals surface area contributed by atoms with Gasteiger partial charge in [0.1, 0.15) is 5.75 Å². The summed E-state index contributed by atoms with van der Waals surface area (Å²) in [6.45, 7) is -0.153. The number of carbonyl (C=O) groups excluding carboxylic acids is 2. The van der Waals surface area contributed by atoms with E-state index >= 15 is 0 Å². The van der Waals surface area contributed by atoms with Gasteiger partial charge >= 0.3 is 0 Å². The highest BCUT2D eigenvalue weighted by Crippen LogP contribution is 2.22. The van der Waals surface area contributed by atoms with Gasteiger partial charge in [0.15, 0.2) is 6.61 Å². The first-order valence-electron chi connectivity index (χ1n) is 5.68. The number of hydrogen-bond donors (Lipinski definition) is 3. The monoisotopic (exact) mass is 249 g/mol. The van der Waals surface area contributed by atoms with Crippen LogP contribution < -0.4 is 21.5 Å². The fraction of sp³-hybridized carbons (Fsp3) is 0.333. The first-order valence-corrected chi connectivity index (χ1v) is 5.68. The average molecular weight is 249 g/mol. The predicted octanol–water partition coefficient (Wildman–Crippen LogP) is 0.0251. The molecule has 0 heterocycles. The summed E-state index contributed by atoms with van der Waals surface area (Å²) in [7, 11) is 0. The van der Waals surface area contributed by atoms with E-state index in [0.717, 1.165) is 12.8 Å². The summed E-state index contributed by atoms with van der Waals surface area (Å²) in [6, 6.07) is 4.78. The van der Waals surface area contributed by atoms with Gasteiger partial charge in [-0.25, -0.2) is 0 Å². The molecule has 5 N–H and O–H groups in total. The number of primary amides is 1. The first kappa shape index (κ1) is 12.2. The lowest BCUT2D eigenvalue weighted by Gasteiger charge is -2.10. The molecule has 0 unspecified atom stereocenters. The number of nitrogens with one attached hydrogen (secondary N) is 1. The van der Waals surface area contributed by atoms with Crippen molar-refractivity contribution in [3.63, 3.8) is 0 Å². The van der Waals surface area contributed by atoms with E-state index in [1.54, 1.807) is 6.07 Å². The molecule has 0 radical (unpaired) electrons. The van der Waals surface area contributed by atoms with E-state index in [0.29, 0.717) is 5.69 Å². The summed E-state index contributed by atoms with van der Waals surface area (Å²) < 4.78 is 5.28. The molecule has 0 aromatic heterocycles. The van der Waals surface area contributed by atoms with Crippen LogP contribution in [-0.4, -0.2) is 24.5 Å². The van der Waals surface area contributed by atoms with E-state index in [4.69, 9.17) is 16.2 Å². The second kappa shape index (κ2) is 4.95. The number of anilines is 1. The number of nitrogen functional groups attached to an aromatic ring is 1. The molecular weight excluding hydrogens is 234 g/mol. The molecule has 0 bridgehead atoms. The second-order valence-corrected chi connectivity index (χ2v) is 4.25. The molecule has 1 aromatic carbocycles. The molecule has 1 aromatic rings. The maximum atomic E-state index is 11.4. The molecule has 0 spiro atoms. The minimum atomic E-state index is -0.618. The molecule has 96 valence electrons. The van der Waals surface area contributed by atoms with Gasteiger partial charge in [0.25, 0.3) is 11.8 Å². The molecule has 0 aliphatic heterocycles. The first-order chi connectivity index (χ1) is 8.56. The van der Waals surface area contributed by atoms with Crippen molar-refractivity contribution in [2.24, 2.45) is 5.73 Å². The Morgan fingerprint density at radius 1 is 1.39 bits per heavy atom. The number of carbonyl (C=O) groups is 2. The number of benzene rings is 1. The Kier molecular flexibility index (Phi) is 3.36. The van der Waals surface area contributed by atoms with Crippen LogP contribution in [0.2, 0.25) is 0 Å². The topological polar surface area (TPSA) is 107 Å². The van der Waals surface area contributed by atoms with Crippen LogP contribution in [0, 0.1) is 0 Å². The van der Waals surface area contributed by atoms with Gasteiger partial charge < -0.3 is 21.5 Å². The summed E-state index contributed by atoms with van der Waals surface area (Å²) in [5, 5.41) is 2.78. The van der Waals surface area contributed by atoms with Gasteiger partial charge in [-0.15, -0.1) is 0 Å². The lowest BCUT2D eigenvalue weighted by Crippen LogP contribution is -2.30. The lowest BCUT2D eigenvalue weighted by molar-refractivity contribution is -0.123. The van der Waals surface area contributed by atoms with Crippen LogP contribution in [0.3, 0.4) is 0 Å². The second-order valence-electron chi connectivity index (χ2n) is 4.25. The van der Waals surface area contributed by atoms with Crippen LogP contribution in [-0.2, 0) is 4.79 Å². The van der Waals surface area contributed by atoms with Gasteiger partial charge in [-0.1, -0.05) is 0 Å². The average Bonchev–Trinajstić information content (AvgIpc) is 3.10. The molecule has 0 atom stereocenters. The number of hydrogen-bond acceptors (Lipinski definition) is 4. The highest BCUT2D eigenvalue weighted by molar-refractivity contribution is 5.96. The number of ether oxygens (including phenoxy) is 1. The van der Waals surface area contributed by atoms with Crippen molar-refractivity contribution >= 4 is 17.5 Å². The van der Waals surface area contributed by atoms with E-state index in [9.17, 15) is 9.59 Å². The van der Waals surface area contributed by atoms with Crippen LogP contribution in [0.25, 0.3) is 0 Å². The third kappa shape index (κ3) is 3.13. The van der Waals surface area contributed by atoms with E-state index < -0.39 is 5.91 Å². The van der Waals surface area contributed by atoms with E-state index in [1.807, 2.05) is 0 Å². The summed E-state index contributed by atoms with van der Waals surface area (Å²) in [4.78, 5) is 22.6. The lowest BCUT2D eigenvalue weighted by atomic mass is 10.1. The third-order valence-corrected chi connectivity index (χ3v) is 2.57. The molecule has 1 saturated carbocycles. The maximum absolute atomic E-state index is 11.4. The zero-order chi connectivity index (χ0) is 13.1. The minimum Gasteiger partial charge on any atom is -0.483 e. The van der Waals surface area contributed by atoms with E-state index in [2.05, 4.69) is 5.32 Å². The summed E-state index contributed by atoms with van der Waals surface area (Å²) >= 11 is 0. The highest BCUT2D eigenvalue weighted by atomic mass is 16.5. The van der Waals surface area contributed by atoms with E-state index in [-0.39, 0.29) is 29.9 Å². The molecule has 2 amide bonds. The minimum absolute atomic E-state index is 0.153. The van der Waals surface area contributed by atoms with Crippen molar-refractivity contribution in [3.05, 3.63) is 23.8 Å². The van der Waals surface area contributed by atoms with Crippen LogP contribution >= 0.6 is 0 Å². The quantitative estimate of drug-likeness (QED) is 0.639. The molecule has 1 fully saturated rings. The molecule has 1 aliphatic carbocycles. The zero-order valence-corrected chi connectivity index (χ0v) is 9.81. The van der Waals surface area contributed by atoms with Gasteiger partial charge in [-0.05, 0) is 25.0 Å². The van der Waals surface area contributed by atoms with Gasteiger partial charge in [0, 0.05) is 17.8 Å². The zero-order valence-electron chi connectivity index (χ0n) is 9.81. The van der Waals surface area contributed by atoms with Gasteiger partial charge in [0.2, 0.25) is 0 Å². The van der Waals surface area contributed by atoms with Crippen LogP contribution in [0.15, 0.2) is 18.2 Å². The van der Waals surface area contributed by atoms with Crippen molar-refractivity contribution in [3.8, 4) is 5.75 Å². The Morgan fingerprint density at radius 3 is 2.72 bits per heavy atom. The molecular formula is C12H15N3O3. The Labute approximate surface area is 104 Å². The Hall–Kier alpha value is -2.24. The van der Waals surface area contributed by atoms with Gasteiger partial charge in [0.05, 0.1) is 5.56 Å². The standard InChI is InChI=1S/C12H15N3O3/c13-7-1-4-9(12(14)17)10(5-7)18-6-11(16)15-8-2-3-8/h1,4-5,8H,2-3,6,13H2,(H2,14,17)(H,15,16). The largest absolute Gasteiger partial charge is 0.483 e. The Balaban J connectivity index is 2.00. The highest BCUT2D eigenvalue weighted by Gasteiger charge is 2.23. The van der Waals surface area contributed by atoms with Crippen LogP contribution in [0.5, 0.6) is 5.75 Å². The smallest absolute Gasteiger partial charge is 0.258 e. The summed E-state index contributed by atoms with van der Waals surface area (Å²) in [6.07, 6.45) is 2.02. The SMILES string of the molecule is NC(=O)c1ccc(N)cc1OCC(=O)NC1CC1. The molecule has 1 aliphatic rings. The normalized spacial score (nSPS) is 14.0. The van der Waals surface area contributed by atoms with Crippen molar-refractivity contribution < 1.29 is 14.3 Å². The van der Waals surface area contributed by atoms with Crippen molar-refractivity contribution in [1.29, 1.82) is 0 Å². The van der Waals surface area contributed by atoms with Crippen LogP contribution in [0.1, 0.15) is 23.2 Å².